The van der Waals surface area contributed by atoms with Crippen LogP contribution in [0.1, 0.15) is 26.3 Å². The molecule has 1 rings (SSSR count). The smallest absolute Gasteiger partial charge is 0.228 e. The summed E-state index contributed by atoms with van der Waals surface area (Å²) in [7, 11) is 5.62. The summed E-state index contributed by atoms with van der Waals surface area (Å²) in [5.41, 5.74) is 8.31. The predicted octanol–water partition coefficient (Wildman–Crippen LogP) is 2.36. The topological polar surface area (TPSA) is 58.8 Å². The Morgan fingerprint density at radius 3 is 2.41 bits per heavy atom. The minimum atomic E-state index is -0.424. The summed E-state index contributed by atoms with van der Waals surface area (Å²) < 4.78 is 5.15. The highest BCUT2D eigenvalue weighted by molar-refractivity contribution is 5.81. The van der Waals surface area contributed by atoms with Crippen LogP contribution in [-0.2, 0) is 16.1 Å². The molecule has 0 aliphatic carbocycles. The van der Waals surface area contributed by atoms with E-state index in [0.717, 1.165) is 11.3 Å². The Kier molecular flexibility index (Phi) is 6.23. The number of carbonyl (C=O) groups is 1. The highest BCUT2D eigenvalue weighted by Crippen LogP contribution is 2.25. The Morgan fingerprint density at radius 1 is 1.27 bits per heavy atom. The fraction of sp³-hybridized carbons (Fsp3) is 0.588. The van der Waals surface area contributed by atoms with Crippen LogP contribution in [-0.4, -0.2) is 45.2 Å². The summed E-state index contributed by atoms with van der Waals surface area (Å²) in [6.45, 7) is 7.40. The maximum Gasteiger partial charge on any atom is 0.228 e. The van der Waals surface area contributed by atoms with Gasteiger partial charge in [0.05, 0.1) is 6.61 Å². The van der Waals surface area contributed by atoms with Gasteiger partial charge in [-0.15, -0.1) is 0 Å². The van der Waals surface area contributed by atoms with Gasteiger partial charge in [-0.25, -0.2) is 0 Å². The van der Waals surface area contributed by atoms with E-state index in [-0.39, 0.29) is 5.91 Å². The predicted molar refractivity (Wildman–Crippen MR) is 91.9 cm³/mol. The lowest BCUT2D eigenvalue weighted by molar-refractivity contribution is -0.140. The van der Waals surface area contributed by atoms with Gasteiger partial charge in [0, 0.05) is 51.1 Å². The number of ether oxygens (including phenoxy) is 1. The summed E-state index contributed by atoms with van der Waals surface area (Å²) >= 11 is 0. The van der Waals surface area contributed by atoms with Crippen LogP contribution < -0.4 is 10.6 Å². The molecule has 1 aromatic carbocycles. The summed E-state index contributed by atoms with van der Waals surface area (Å²) in [5.74, 6) is 0.108. The van der Waals surface area contributed by atoms with Crippen LogP contribution in [0.5, 0.6) is 0 Å². The standard InChI is InChI=1S/C17H29N3O2/c1-17(2,3)16(21)20(9-10-22-6)12-13-11-14(18)7-8-15(13)19(4)5/h7-8,11H,9-10,12,18H2,1-6H3. The van der Waals surface area contributed by atoms with Crippen molar-refractivity contribution in [2.45, 2.75) is 27.3 Å². The van der Waals surface area contributed by atoms with Crippen molar-refractivity contribution in [2.24, 2.45) is 5.41 Å². The van der Waals surface area contributed by atoms with E-state index in [0.29, 0.717) is 25.4 Å². The molecule has 1 amide bonds. The quantitative estimate of drug-likeness (QED) is 0.820. The van der Waals surface area contributed by atoms with Gasteiger partial charge in [0.1, 0.15) is 0 Å². The maximum absolute atomic E-state index is 12.7. The molecule has 0 fully saturated rings. The van der Waals surface area contributed by atoms with Crippen LogP contribution in [0.15, 0.2) is 18.2 Å². The molecular weight excluding hydrogens is 278 g/mol. The van der Waals surface area contributed by atoms with Gasteiger partial charge < -0.3 is 20.3 Å². The number of benzene rings is 1. The molecule has 1 aromatic rings. The monoisotopic (exact) mass is 307 g/mol. The molecule has 22 heavy (non-hydrogen) atoms. The summed E-state index contributed by atoms with van der Waals surface area (Å²) in [5, 5.41) is 0. The number of carbonyl (C=O) groups excluding carboxylic acids is 1. The van der Waals surface area contributed by atoms with Crippen molar-refractivity contribution in [1.29, 1.82) is 0 Å². The van der Waals surface area contributed by atoms with Crippen molar-refractivity contribution < 1.29 is 9.53 Å². The van der Waals surface area contributed by atoms with E-state index >= 15 is 0 Å². The lowest BCUT2D eigenvalue weighted by Crippen LogP contribution is -2.41. The Hall–Kier alpha value is -1.75. The Morgan fingerprint density at radius 2 is 1.91 bits per heavy atom. The molecule has 0 aliphatic heterocycles. The zero-order chi connectivity index (χ0) is 16.9. The van der Waals surface area contributed by atoms with E-state index in [2.05, 4.69) is 0 Å². The second-order valence-electron chi connectivity index (χ2n) is 6.75. The molecule has 0 bridgehead atoms. The summed E-state index contributed by atoms with van der Waals surface area (Å²) in [4.78, 5) is 16.5. The molecule has 0 saturated carbocycles. The van der Waals surface area contributed by atoms with Gasteiger partial charge in [0.2, 0.25) is 5.91 Å². The van der Waals surface area contributed by atoms with Gasteiger partial charge in [0.15, 0.2) is 0 Å². The molecule has 2 N–H and O–H groups in total. The normalized spacial score (nSPS) is 11.4. The first-order valence-corrected chi connectivity index (χ1v) is 7.51. The highest BCUT2D eigenvalue weighted by atomic mass is 16.5. The van der Waals surface area contributed by atoms with Crippen molar-refractivity contribution in [1.82, 2.24) is 4.90 Å². The molecule has 0 atom stereocenters. The van der Waals surface area contributed by atoms with Crippen LogP contribution in [0.25, 0.3) is 0 Å². The SMILES string of the molecule is COCCN(Cc1cc(N)ccc1N(C)C)C(=O)C(C)(C)C. The lowest BCUT2D eigenvalue weighted by atomic mass is 9.94. The first kappa shape index (κ1) is 18.3. The number of nitrogens with two attached hydrogens (primary N) is 1. The second-order valence-corrected chi connectivity index (χ2v) is 6.75. The molecule has 0 aliphatic rings. The largest absolute Gasteiger partial charge is 0.399 e. The molecule has 5 nitrogen and oxygen atoms in total. The molecule has 124 valence electrons. The van der Waals surface area contributed by atoms with Crippen molar-refractivity contribution in [3.05, 3.63) is 23.8 Å². The van der Waals surface area contributed by atoms with E-state index in [9.17, 15) is 4.79 Å². The maximum atomic E-state index is 12.7. The average Bonchev–Trinajstić information content (AvgIpc) is 2.41. The molecular formula is C17H29N3O2. The minimum absolute atomic E-state index is 0.108. The summed E-state index contributed by atoms with van der Waals surface area (Å²) in [6.07, 6.45) is 0. The average molecular weight is 307 g/mol. The van der Waals surface area contributed by atoms with E-state index < -0.39 is 5.41 Å². The zero-order valence-corrected chi connectivity index (χ0v) is 14.6. The number of anilines is 2. The molecule has 0 heterocycles. The van der Waals surface area contributed by atoms with Crippen molar-refractivity contribution in [3.8, 4) is 0 Å². The van der Waals surface area contributed by atoms with Gasteiger partial charge >= 0.3 is 0 Å². The number of hydrogen-bond donors (Lipinski definition) is 1. The van der Waals surface area contributed by atoms with Crippen LogP contribution in [0.3, 0.4) is 0 Å². The fourth-order valence-corrected chi connectivity index (χ4v) is 2.30. The second kappa shape index (κ2) is 7.49. The van der Waals surface area contributed by atoms with E-state index in [1.54, 1.807) is 7.11 Å². The van der Waals surface area contributed by atoms with E-state index in [4.69, 9.17) is 10.5 Å². The Bertz CT molecular complexity index is 507. The van der Waals surface area contributed by atoms with Crippen molar-refractivity contribution in [2.75, 3.05) is 45.0 Å². The molecule has 0 saturated heterocycles. The molecule has 0 radical (unpaired) electrons. The lowest BCUT2D eigenvalue weighted by Gasteiger charge is -2.31. The fourth-order valence-electron chi connectivity index (χ4n) is 2.30. The van der Waals surface area contributed by atoms with Crippen molar-refractivity contribution in [3.63, 3.8) is 0 Å². The molecule has 5 heteroatoms. The van der Waals surface area contributed by atoms with Gasteiger partial charge in [-0.2, -0.15) is 0 Å². The van der Waals surface area contributed by atoms with Crippen LogP contribution in [0, 0.1) is 5.41 Å². The van der Waals surface area contributed by atoms with Gasteiger partial charge in [-0.1, -0.05) is 20.8 Å². The number of hydrogen-bond acceptors (Lipinski definition) is 4. The van der Waals surface area contributed by atoms with Crippen LogP contribution >= 0.6 is 0 Å². The van der Waals surface area contributed by atoms with Gasteiger partial charge in [0.25, 0.3) is 0 Å². The zero-order valence-electron chi connectivity index (χ0n) is 14.6. The minimum Gasteiger partial charge on any atom is -0.399 e. The Balaban J connectivity index is 3.08. The van der Waals surface area contributed by atoms with Gasteiger partial charge in [-0.05, 0) is 23.8 Å². The molecule has 0 spiro atoms. The first-order valence-electron chi connectivity index (χ1n) is 7.51. The highest BCUT2D eigenvalue weighted by Gasteiger charge is 2.27. The third-order valence-electron chi connectivity index (χ3n) is 3.44. The molecule has 0 aromatic heterocycles. The first-order chi connectivity index (χ1) is 10.2. The summed E-state index contributed by atoms with van der Waals surface area (Å²) in [6, 6.07) is 5.80. The third kappa shape index (κ3) is 4.91. The molecule has 0 unspecified atom stereocenters. The number of rotatable bonds is 6. The van der Waals surface area contributed by atoms with Crippen molar-refractivity contribution >= 4 is 17.3 Å². The van der Waals surface area contributed by atoms with E-state index in [1.165, 1.54) is 0 Å². The Labute approximate surface area is 134 Å². The van der Waals surface area contributed by atoms with E-state index in [1.807, 2.05) is 62.9 Å². The number of nitrogens with zero attached hydrogens (tertiary/aromatic N) is 2. The van der Waals surface area contributed by atoms with Crippen LogP contribution in [0.2, 0.25) is 0 Å². The number of nitrogen functional groups attached to an aromatic ring is 1. The number of amides is 1. The number of methoxy groups -OCH3 is 1. The van der Waals surface area contributed by atoms with Gasteiger partial charge in [-0.3, -0.25) is 4.79 Å². The third-order valence-corrected chi connectivity index (χ3v) is 3.44. The van der Waals surface area contributed by atoms with Crippen LogP contribution in [0.4, 0.5) is 11.4 Å².